The Labute approximate surface area is 143 Å². The lowest BCUT2D eigenvalue weighted by atomic mass is 10.0. The van der Waals surface area contributed by atoms with Crippen molar-refractivity contribution in [2.45, 2.75) is 39.4 Å². The number of fused-ring (bicyclic) bond motifs is 3. The highest BCUT2D eigenvalue weighted by atomic mass is 32.1. The number of H-pyrrole nitrogens is 1. The smallest absolute Gasteiger partial charge is 0.229 e. The fourth-order valence-corrected chi connectivity index (χ4v) is 3.94. The van der Waals surface area contributed by atoms with Crippen molar-refractivity contribution in [3.63, 3.8) is 0 Å². The van der Waals surface area contributed by atoms with Gasteiger partial charge in [-0.3, -0.25) is 5.10 Å². The van der Waals surface area contributed by atoms with Crippen molar-refractivity contribution in [2.75, 3.05) is 5.32 Å². The van der Waals surface area contributed by atoms with Gasteiger partial charge in [0.2, 0.25) is 5.95 Å². The molecule has 2 N–H and O–H groups in total. The zero-order valence-corrected chi connectivity index (χ0v) is 14.7. The van der Waals surface area contributed by atoms with Crippen LogP contribution < -0.4 is 5.32 Å². The van der Waals surface area contributed by atoms with Gasteiger partial charge in [0.25, 0.3) is 0 Å². The second kappa shape index (κ2) is 5.35. The third kappa shape index (κ3) is 2.47. The van der Waals surface area contributed by atoms with E-state index >= 15 is 0 Å². The third-order valence-electron chi connectivity index (χ3n) is 3.97. The first-order valence-electron chi connectivity index (χ1n) is 7.74. The van der Waals surface area contributed by atoms with Crippen LogP contribution >= 0.6 is 11.3 Å². The third-order valence-corrected chi connectivity index (χ3v) is 5.24. The number of aromatic amines is 1. The van der Waals surface area contributed by atoms with Crippen LogP contribution in [0.25, 0.3) is 11.3 Å². The van der Waals surface area contributed by atoms with Crippen molar-refractivity contribution >= 4 is 22.4 Å². The zero-order valence-electron chi connectivity index (χ0n) is 13.9. The molecule has 1 unspecified atom stereocenters. The predicted molar refractivity (Wildman–Crippen MR) is 92.3 cm³/mol. The monoisotopic (exact) mass is 342 g/mol. The average molecular weight is 342 g/mol. The van der Waals surface area contributed by atoms with Gasteiger partial charge in [-0.05, 0) is 33.8 Å². The Balaban J connectivity index is 1.79. The normalized spacial score (nSPS) is 18.6. The molecule has 8 heteroatoms. The maximum absolute atomic E-state index is 6.22. The minimum absolute atomic E-state index is 0.0980. The van der Waals surface area contributed by atoms with Crippen LogP contribution in [-0.4, -0.2) is 25.1 Å². The van der Waals surface area contributed by atoms with Crippen molar-refractivity contribution in [1.82, 2.24) is 25.1 Å². The van der Waals surface area contributed by atoms with Crippen molar-refractivity contribution in [3.8, 4) is 11.3 Å². The molecule has 3 aromatic rings. The second-order valence-electron chi connectivity index (χ2n) is 6.30. The van der Waals surface area contributed by atoms with Crippen LogP contribution in [0.15, 0.2) is 18.5 Å². The Kier molecular flexibility index (Phi) is 3.40. The highest BCUT2D eigenvalue weighted by Crippen LogP contribution is 2.47. The molecule has 0 aliphatic carbocycles. The quantitative estimate of drug-likeness (QED) is 0.738. The number of hydrogen-bond donors (Lipinski definition) is 2. The van der Waals surface area contributed by atoms with Crippen molar-refractivity contribution in [2.24, 2.45) is 0 Å². The van der Waals surface area contributed by atoms with Crippen LogP contribution in [-0.2, 0) is 10.3 Å². The molecule has 124 valence electrons. The van der Waals surface area contributed by atoms with Crippen LogP contribution in [0.1, 0.15) is 43.1 Å². The molecule has 0 saturated heterocycles. The number of anilines is 2. The number of thiazole rings is 1. The van der Waals surface area contributed by atoms with Crippen LogP contribution in [0.3, 0.4) is 0 Å². The summed E-state index contributed by atoms with van der Waals surface area (Å²) in [5.74, 6) is 0.540. The van der Waals surface area contributed by atoms with E-state index in [0.717, 1.165) is 32.7 Å². The lowest BCUT2D eigenvalue weighted by Gasteiger charge is -2.25. The van der Waals surface area contributed by atoms with E-state index in [1.807, 2.05) is 26.1 Å². The SMILES string of the molecule is Cc1ccnc(Nc2nc3c(s2)C(C)(C)OC(C)c2n[nH]cc2-3)n1. The van der Waals surface area contributed by atoms with Gasteiger partial charge >= 0.3 is 0 Å². The molecule has 24 heavy (non-hydrogen) atoms. The number of aryl methyl sites for hydroxylation is 1. The fourth-order valence-electron chi connectivity index (χ4n) is 2.92. The van der Waals surface area contributed by atoms with E-state index in [0.29, 0.717) is 5.95 Å². The van der Waals surface area contributed by atoms with E-state index in [9.17, 15) is 0 Å². The molecule has 1 atom stereocenters. The van der Waals surface area contributed by atoms with Gasteiger partial charge in [-0.25, -0.2) is 15.0 Å². The lowest BCUT2D eigenvalue weighted by Crippen LogP contribution is -2.21. The summed E-state index contributed by atoms with van der Waals surface area (Å²) in [5, 5.41) is 11.2. The Bertz CT molecular complexity index is 900. The Morgan fingerprint density at radius 2 is 2.17 bits per heavy atom. The van der Waals surface area contributed by atoms with E-state index < -0.39 is 5.60 Å². The van der Waals surface area contributed by atoms with Gasteiger partial charge in [0.05, 0.1) is 16.2 Å². The summed E-state index contributed by atoms with van der Waals surface area (Å²) < 4.78 is 6.22. The van der Waals surface area contributed by atoms with Gasteiger partial charge in [0, 0.05) is 23.7 Å². The molecule has 0 aromatic carbocycles. The lowest BCUT2D eigenvalue weighted by molar-refractivity contribution is -0.0674. The fraction of sp³-hybridized carbons (Fsp3) is 0.375. The van der Waals surface area contributed by atoms with Gasteiger partial charge < -0.3 is 10.1 Å². The molecule has 7 nitrogen and oxygen atoms in total. The maximum atomic E-state index is 6.22. The molecule has 4 heterocycles. The highest BCUT2D eigenvalue weighted by Gasteiger charge is 2.37. The van der Waals surface area contributed by atoms with Gasteiger partial charge in [-0.1, -0.05) is 11.3 Å². The minimum atomic E-state index is -0.451. The summed E-state index contributed by atoms with van der Waals surface area (Å²) >= 11 is 1.56. The van der Waals surface area contributed by atoms with E-state index in [4.69, 9.17) is 9.72 Å². The van der Waals surface area contributed by atoms with Crippen molar-refractivity contribution in [1.29, 1.82) is 0 Å². The molecule has 0 fully saturated rings. The second-order valence-corrected chi connectivity index (χ2v) is 7.30. The number of nitrogens with one attached hydrogen (secondary N) is 2. The predicted octanol–water partition coefficient (Wildman–Crippen LogP) is 3.70. The Morgan fingerprint density at radius 3 is 2.96 bits per heavy atom. The number of ether oxygens (including phenoxy) is 1. The summed E-state index contributed by atoms with van der Waals surface area (Å²) in [5.41, 5.74) is 3.21. The number of rotatable bonds is 2. The van der Waals surface area contributed by atoms with Crippen LogP contribution in [0.2, 0.25) is 0 Å². The molecule has 0 radical (unpaired) electrons. The molecule has 1 aliphatic rings. The molecule has 0 amide bonds. The first-order chi connectivity index (χ1) is 11.4. The molecular formula is C16H18N6OS. The molecule has 0 saturated carbocycles. The van der Waals surface area contributed by atoms with Gasteiger partial charge in [-0.15, -0.1) is 0 Å². The van der Waals surface area contributed by atoms with Gasteiger partial charge in [0.1, 0.15) is 11.8 Å². The molecule has 0 bridgehead atoms. The first kappa shape index (κ1) is 15.2. The summed E-state index contributed by atoms with van der Waals surface area (Å²) in [6.07, 6.45) is 3.51. The highest BCUT2D eigenvalue weighted by molar-refractivity contribution is 7.16. The van der Waals surface area contributed by atoms with E-state index in [1.165, 1.54) is 0 Å². The van der Waals surface area contributed by atoms with Crippen molar-refractivity contribution < 1.29 is 4.74 Å². The summed E-state index contributed by atoms with van der Waals surface area (Å²) in [7, 11) is 0. The Morgan fingerprint density at radius 1 is 1.33 bits per heavy atom. The van der Waals surface area contributed by atoms with Crippen LogP contribution in [0.5, 0.6) is 0 Å². The standard InChI is InChI=1S/C16H18N6OS/c1-8-5-6-17-14(19-8)21-15-20-12-10-7-18-22-11(10)9(2)23-16(3,4)13(12)24-15/h5-7,9H,1-4H3,(H,18,22)(H,17,19,20,21). The van der Waals surface area contributed by atoms with E-state index in [2.05, 4.69) is 39.3 Å². The average Bonchev–Trinajstić information content (AvgIpc) is 3.11. The van der Waals surface area contributed by atoms with E-state index in [1.54, 1.807) is 17.5 Å². The summed E-state index contributed by atoms with van der Waals surface area (Å²) in [6, 6.07) is 1.86. The topological polar surface area (TPSA) is 88.6 Å². The number of hydrogen-bond acceptors (Lipinski definition) is 7. The van der Waals surface area contributed by atoms with Gasteiger partial charge in [-0.2, -0.15) is 5.10 Å². The number of aromatic nitrogens is 5. The molecule has 3 aromatic heterocycles. The van der Waals surface area contributed by atoms with Crippen LogP contribution in [0, 0.1) is 6.92 Å². The molecule has 4 rings (SSSR count). The summed E-state index contributed by atoms with van der Waals surface area (Å²) in [6.45, 7) is 8.06. The minimum Gasteiger partial charge on any atom is -0.361 e. The molecule has 1 aliphatic heterocycles. The maximum Gasteiger partial charge on any atom is 0.229 e. The zero-order chi connectivity index (χ0) is 16.9. The van der Waals surface area contributed by atoms with Crippen molar-refractivity contribution in [3.05, 3.63) is 34.7 Å². The number of nitrogens with zero attached hydrogens (tertiary/aromatic N) is 4. The summed E-state index contributed by atoms with van der Waals surface area (Å²) in [4.78, 5) is 14.4. The van der Waals surface area contributed by atoms with Gasteiger partial charge in [0.15, 0.2) is 5.13 Å². The first-order valence-corrected chi connectivity index (χ1v) is 8.55. The Hall–Kier alpha value is -2.32. The molecular weight excluding hydrogens is 324 g/mol. The largest absolute Gasteiger partial charge is 0.361 e. The molecule has 0 spiro atoms. The van der Waals surface area contributed by atoms with E-state index in [-0.39, 0.29) is 6.10 Å². The van der Waals surface area contributed by atoms with Crippen LogP contribution in [0.4, 0.5) is 11.1 Å².